The van der Waals surface area contributed by atoms with E-state index >= 15 is 0 Å². The van der Waals surface area contributed by atoms with Gasteiger partial charge in [-0.15, -0.1) is 11.3 Å². The first-order valence-corrected chi connectivity index (χ1v) is 11.2. The first-order chi connectivity index (χ1) is 14.7. The van der Waals surface area contributed by atoms with E-state index in [0.717, 1.165) is 24.3 Å². The number of ether oxygens (including phenoxy) is 2. The molecule has 0 N–H and O–H groups in total. The Balaban J connectivity index is 1.54. The minimum atomic E-state index is -0.0126. The molecular formula is C24H26N2O3S. The Morgan fingerprint density at radius 2 is 1.93 bits per heavy atom. The minimum absolute atomic E-state index is 0.0126. The maximum absolute atomic E-state index is 13.5. The van der Waals surface area contributed by atoms with Crippen molar-refractivity contribution in [3.8, 4) is 11.5 Å². The van der Waals surface area contributed by atoms with Crippen molar-refractivity contribution < 1.29 is 14.3 Å². The summed E-state index contributed by atoms with van der Waals surface area (Å²) in [6.07, 6.45) is 4.42. The van der Waals surface area contributed by atoms with Crippen LogP contribution in [0.1, 0.15) is 40.7 Å². The molecule has 0 spiro atoms. The quantitative estimate of drug-likeness (QED) is 0.540. The van der Waals surface area contributed by atoms with Crippen molar-refractivity contribution in [2.24, 2.45) is 0 Å². The summed E-state index contributed by atoms with van der Waals surface area (Å²) in [5, 5.41) is 2.88. The third-order valence-corrected chi connectivity index (χ3v) is 6.03. The lowest BCUT2D eigenvalue weighted by Gasteiger charge is -2.29. The number of carbonyl (C=O) groups is 1. The second kappa shape index (κ2) is 9.76. The molecule has 2 heterocycles. The number of aryl methyl sites for hydroxylation is 1. The fourth-order valence-electron chi connectivity index (χ4n) is 3.54. The standard InChI is InChI=1S/C24H26N2O3S/c1-18(8-9-19-6-3-2-4-7-19)26(17-23-25-12-15-30-23)24(27)20-10-11-21-22(16-20)29-14-5-13-28-21/h2-4,6-7,10-12,15-16,18H,5,8-9,13-14,17H2,1H3/t18-/m1/s1. The molecule has 1 aromatic heterocycles. The van der Waals surface area contributed by atoms with E-state index in [1.165, 1.54) is 5.56 Å². The number of nitrogens with zero attached hydrogens (tertiary/aromatic N) is 2. The Hall–Kier alpha value is -2.86. The second-order valence-corrected chi connectivity index (χ2v) is 8.42. The van der Waals surface area contributed by atoms with Gasteiger partial charge in [-0.3, -0.25) is 4.79 Å². The highest BCUT2D eigenvalue weighted by atomic mass is 32.1. The van der Waals surface area contributed by atoms with Gasteiger partial charge in [-0.05, 0) is 43.5 Å². The molecule has 1 aliphatic rings. The van der Waals surface area contributed by atoms with E-state index in [0.29, 0.717) is 36.8 Å². The van der Waals surface area contributed by atoms with E-state index in [-0.39, 0.29) is 11.9 Å². The van der Waals surface area contributed by atoms with Gasteiger partial charge in [-0.2, -0.15) is 0 Å². The molecule has 0 aliphatic carbocycles. The summed E-state index contributed by atoms with van der Waals surface area (Å²) in [6, 6.07) is 15.9. The normalized spacial score (nSPS) is 14.0. The molecule has 0 radical (unpaired) electrons. The zero-order valence-corrected chi connectivity index (χ0v) is 17.9. The number of thiazole rings is 1. The molecule has 6 heteroatoms. The zero-order chi connectivity index (χ0) is 20.8. The highest BCUT2D eigenvalue weighted by Crippen LogP contribution is 2.31. The van der Waals surface area contributed by atoms with Gasteiger partial charge in [0.2, 0.25) is 0 Å². The van der Waals surface area contributed by atoms with Crippen LogP contribution in [0.2, 0.25) is 0 Å². The van der Waals surface area contributed by atoms with E-state index in [4.69, 9.17) is 9.47 Å². The third-order valence-electron chi connectivity index (χ3n) is 5.27. The van der Waals surface area contributed by atoms with Gasteiger partial charge in [-0.1, -0.05) is 30.3 Å². The van der Waals surface area contributed by atoms with E-state index in [2.05, 4.69) is 36.2 Å². The van der Waals surface area contributed by atoms with E-state index in [1.807, 2.05) is 34.5 Å². The Morgan fingerprint density at radius 1 is 1.13 bits per heavy atom. The van der Waals surface area contributed by atoms with Gasteiger partial charge in [-0.25, -0.2) is 4.98 Å². The highest BCUT2D eigenvalue weighted by Gasteiger charge is 2.24. The highest BCUT2D eigenvalue weighted by molar-refractivity contribution is 7.09. The lowest BCUT2D eigenvalue weighted by atomic mass is 10.0. The molecule has 4 rings (SSSR count). The average molecular weight is 423 g/mol. The van der Waals surface area contributed by atoms with E-state index < -0.39 is 0 Å². The summed E-state index contributed by atoms with van der Waals surface area (Å²) in [6.45, 7) is 3.84. The summed E-state index contributed by atoms with van der Waals surface area (Å²) < 4.78 is 11.5. The van der Waals surface area contributed by atoms with Crippen molar-refractivity contribution in [3.05, 3.63) is 76.2 Å². The van der Waals surface area contributed by atoms with Crippen molar-refractivity contribution >= 4 is 17.2 Å². The lowest BCUT2D eigenvalue weighted by Crippen LogP contribution is -2.38. The number of hydrogen-bond acceptors (Lipinski definition) is 5. The monoisotopic (exact) mass is 422 g/mol. The van der Waals surface area contributed by atoms with Gasteiger partial charge in [0.15, 0.2) is 11.5 Å². The number of hydrogen-bond donors (Lipinski definition) is 0. The average Bonchev–Trinajstić information content (AvgIpc) is 3.19. The van der Waals surface area contributed by atoms with Crippen molar-refractivity contribution in [3.63, 3.8) is 0 Å². The summed E-state index contributed by atoms with van der Waals surface area (Å²) in [5.41, 5.74) is 1.89. The van der Waals surface area contributed by atoms with Gasteiger partial charge in [0, 0.05) is 29.6 Å². The van der Waals surface area contributed by atoms with Crippen LogP contribution >= 0.6 is 11.3 Å². The molecule has 0 fully saturated rings. The van der Waals surface area contributed by atoms with Crippen LogP contribution in [0, 0.1) is 0 Å². The molecule has 0 saturated heterocycles. The molecule has 0 unspecified atom stereocenters. The third kappa shape index (κ3) is 5.00. The molecule has 0 bridgehead atoms. The van der Waals surface area contributed by atoms with Crippen LogP contribution in [0.15, 0.2) is 60.1 Å². The molecule has 156 valence electrons. The second-order valence-electron chi connectivity index (χ2n) is 7.44. The molecule has 1 amide bonds. The topological polar surface area (TPSA) is 51.7 Å². The largest absolute Gasteiger partial charge is 0.490 e. The minimum Gasteiger partial charge on any atom is -0.490 e. The van der Waals surface area contributed by atoms with E-state index in [1.54, 1.807) is 17.5 Å². The van der Waals surface area contributed by atoms with E-state index in [9.17, 15) is 4.79 Å². The SMILES string of the molecule is C[C@H](CCc1ccccc1)N(Cc1nccs1)C(=O)c1ccc2c(c1)OCCCO2. The van der Waals surface area contributed by atoms with Crippen LogP contribution < -0.4 is 9.47 Å². The molecule has 1 aliphatic heterocycles. The smallest absolute Gasteiger partial charge is 0.254 e. The molecule has 1 atom stereocenters. The van der Waals surface area contributed by atoms with Crippen LogP contribution in [-0.2, 0) is 13.0 Å². The van der Waals surface area contributed by atoms with Crippen LogP contribution in [0.3, 0.4) is 0 Å². The Labute approximate surface area is 181 Å². The van der Waals surface area contributed by atoms with Crippen molar-refractivity contribution in [2.75, 3.05) is 13.2 Å². The first-order valence-electron chi connectivity index (χ1n) is 10.3. The number of rotatable bonds is 7. The zero-order valence-electron chi connectivity index (χ0n) is 17.1. The van der Waals surface area contributed by atoms with Gasteiger partial charge in [0.25, 0.3) is 5.91 Å². The van der Waals surface area contributed by atoms with Crippen LogP contribution in [0.4, 0.5) is 0 Å². The summed E-state index contributed by atoms with van der Waals surface area (Å²) in [4.78, 5) is 19.8. The predicted molar refractivity (Wildman–Crippen MR) is 118 cm³/mol. The number of amides is 1. The first kappa shape index (κ1) is 20.4. The molecule has 0 saturated carbocycles. The van der Waals surface area contributed by atoms with Gasteiger partial charge < -0.3 is 14.4 Å². The number of aromatic nitrogens is 1. The Bertz CT molecular complexity index is 960. The molecule has 30 heavy (non-hydrogen) atoms. The van der Waals surface area contributed by atoms with Crippen molar-refractivity contribution in [2.45, 2.75) is 38.8 Å². The summed E-state index contributed by atoms with van der Waals surface area (Å²) in [7, 11) is 0. The number of carbonyl (C=O) groups excluding carboxylic acids is 1. The number of benzene rings is 2. The van der Waals surface area contributed by atoms with Crippen molar-refractivity contribution in [1.29, 1.82) is 0 Å². The van der Waals surface area contributed by atoms with Gasteiger partial charge in [0.1, 0.15) is 5.01 Å². The van der Waals surface area contributed by atoms with Gasteiger partial charge >= 0.3 is 0 Å². The Morgan fingerprint density at radius 3 is 2.70 bits per heavy atom. The maximum Gasteiger partial charge on any atom is 0.254 e. The molecule has 3 aromatic rings. The lowest BCUT2D eigenvalue weighted by molar-refractivity contribution is 0.0667. The number of fused-ring (bicyclic) bond motifs is 1. The fourth-order valence-corrected chi connectivity index (χ4v) is 4.16. The summed E-state index contributed by atoms with van der Waals surface area (Å²) >= 11 is 1.57. The van der Waals surface area contributed by atoms with Crippen molar-refractivity contribution in [1.82, 2.24) is 9.88 Å². The van der Waals surface area contributed by atoms with Crippen LogP contribution in [-0.4, -0.2) is 35.0 Å². The van der Waals surface area contributed by atoms with Gasteiger partial charge in [0.05, 0.1) is 19.8 Å². The van der Waals surface area contributed by atoms with Crippen LogP contribution in [0.5, 0.6) is 11.5 Å². The maximum atomic E-state index is 13.5. The Kier molecular flexibility index (Phi) is 6.64. The molecular weight excluding hydrogens is 396 g/mol. The molecule has 5 nitrogen and oxygen atoms in total. The summed E-state index contributed by atoms with van der Waals surface area (Å²) in [5.74, 6) is 1.33. The fraction of sp³-hybridized carbons (Fsp3) is 0.333. The van der Waals surface area contributed by atoms with Crippen LogP contribution in [0.25, 0.3) is 0 Å². The molecule has 2 aromatic carbocycles. The predicted octanol–water partition coefficient (Wildman–Crippen LogP) is 4.97.